The molecule has 0 bridgehead atoms. The predicted molar refractivity (Wildman–Crippen MR) is 98.5 cm³/mol. The van der Waals surface area contributed by atoms with Crippen LogP contribution >= 0.6 is 0 Å². The van der Waals surface area contributed by atoms with Crippen LogP contribution in [-0.4, -0.2) is 50.3 Å². The Morgan fingerprint density at radius 3 is 2.62 bits per heavy atom. The summed E-state index contributed by atoms with van der Waals surface area (Å²) in [5, 5.41) is 2.92. The first-order chi connectivity index (χ1) is 12.5. The van der Waals surface area contributed by atoms with Crippen molar-refractivity contribution in [3.05, 3.63) is 41.5 Å². The fraction of sp³-hybridized carbons (Fsp3) is 0.500. The maximum absolute atomic E-state index is 12.2. The summed E-state index contributed by atoms with van der Waals surface area (Å²) in [5.41, 5.74) is 1.80. The Hall–Kier alpha value is -2.18. The number of carbonyl (C=O) groups is 2. The topological polar surface area (TPSA) is 73.9 Å². The van der Waals surface area contributed by atoms with Gasteiger partial charge in [0.25, 0.3) is 5.91 Å². The first-order valence-electron chi connectivity index (χ1n) is 8.81. The lowest BCUT2D eigenvalue weighted by Gasteiger charge is -2.31. The van der Waals surface area contributed by atoms with Crippen LogP contribution < -0.4 is 10.1 Å². The van der Waals surface area contributed by atoms with Gasteiger partial charge >= 0.3 is 0 Å². The maximum atomic E-state index is 12.2. The number of rotatable bonds is 8. The van der Waals surface area contributed by atoms with E-state index in [1.807, 2.05) is 19.9 Å². The Kier molecular flexibility index (Phi) is 7.81. The van der Waals surface area contributed by atoms with E-state index in [1.165, 1.54) is 12.5 Å². The molecule has 1 fully saturated rings. The van der Waals surface area contributed by atoms with E-state index in [9.17, 15) is 9.59 Å². The highest BCUT2D eigenvalue weighted by atomic mass is 16.5. The van der Waals surface area contributed by atoms with Crippen molar-refractivity contribution in [2.24, 2.45) is 0 Å². The number of allylic oxidation sites excluding steroid dienone is 1. The molecular formula is C20H27NO5. The molecule has 0 aliphatic carbocycles. The van der Waals surface area contributed by atoms with E-state index < -0.39 is 0 Å². The van der Waals surface area contributed by atoms with Crippen LogP contribution in [0.25, 0.3) is 0 Å². The van der Waals surface area contributed by atoms with Crippen LogP contribution in [0.1, 0.15) is 37.6 Å². The number of carbonyl (C=O) groups excluding carboxylic acids is 2. The lowest BCUT2D eigenvalue weighted by atomic mass is 10.1. The normalized spacial score (nSPS) is 19.5. The number of amides is 1. The van der Waals surface area contributed by atoms with E-state index in [2.05, 4.69) is 5.32 Å². The van der Waals surface area contributed by atoms with Crippen LogP contribution in [0.5, 0.6) is 5.75 Å². The monoisotopic (exact) mass is 361 g/mol. The SMILES string of the molecule is CC(=O)c1ccc(OCC(=O)N[C@H]2COCC[C@H]2OCC=C(C)C)cc1. The predicted octanol–water partition coefficient (Wildman–Crippen LogP) is 2.52. The van der Waals surface area contributed by atoms with Crippen LogP contribution in [0.15, 0.2) is 35.9 Å². The molecule has 0 radical (unpaired) electrons. The summed E-state index contributed by atoms with van der Waals surface area (Å²) in [6.45, 7) is 7.03. The van der Waals surface area contributed by atoms with Crippen LogP contribution in [0.3, 0.4) is 0 Å². The molecule has 1 N–H and O–H groups in total. The number of ether oxygens (including phenoxy) is 3. The van der Waals surface area contributed by atoms with Crippen molar-refractivity contribution >= 4 is 11.7 Å². The molecule has 1 aliphatic heterocycles. The largest absolute Gasteiger partial charge is 0.484 e. The molecule has 2 atom stereocenters. The summed E-state index contributed by atoms with van der Waals surface area (Å²) in [6, 6.07) is 6.53. The second kappa shape index (κ2) is 10.1. The zero-order chi connectivity index (χ0) is 18.9. The van der Waals surface area contributed by atoms with Gasteiger partial charge in [-0.15, -0.1) is 0 Å². The van der Waals surface area contributed by atoms with Gasteiger partial charge in [0.2, 0.25) is 0 Å². The molecule has 0 saturated carbocycles. The molecule has 0 spiro atoms. The van der Waals surface area contributed by atoms with Gasteiger partial charge in [0.1, 0.15) is 5.75 Å². The highest BCUT2D eigenvalue weighted by Gasteiger charge is 2.27. The minimum Gasteiger partial charge on any atom is -0.484 e. The average Bonchev–Trinajstić information content (AvgIpc) is 2.61. The molecule has 0 unspecified atom stereocenters. The van der Waals surface area contributed by atoms with Crippen molar-refractivity contribution in [1.82, 2.24) is 5.32 Å². The quantitative estimate of drug-likeness (QED) is 0.569. The van der Waals surface area contributed by atoms with E-state index in [-0.39, 0.29) is 30.4 Å². The molecule has 142 valence electrons. The molecule has 6 nitrogen and oxygen atoms in total. The molecule has 1 amide bonds. The van der Waals surface area contributed by atoms with Crippen LogP contribution in [-0.2, 0) is 14.3 Å². The third-order valence-corrected chi connectivity index (χ3v) is 4.07. The van der Waals surface area contributed by atoms with Gasteiger partial charge in [-0.2, -0.15) is 0 Å². The fourth-order valence-corrected chi connectivity index (χ4v) is 2.57. The van der Waals surface area contributed by atoms with Crippen molar-refractivity contribution in [3.63, 3.8) is 0 Å². The van der Waals surface area contributed by atoms with Gasteiger partial charge in [-0.05, 0) is 51.5 Å². The molecular weight excluding hydrogens is 334 g/mol. The third-order valence-electron chi connectivity index (χ3n) is 4.07. The highest BCUT2D eigenvalue weighted by Crippen LogP contribution is 2.14. The van der Waals surface area contributed by atoms with Crippen LogP contribution in [0, 0.1) is 0 Å². The minimum absolute atomic E-state index is 0.00857. The zero-order valence-corrected chi connectivity index (χ0v) is 15.6. The van der Waals surface area contributed by atoms with Gasteiger partial charge in [-0.1, -0.05) is 11.6 Å². The van der Waals surface area contributed by atoms with Gasteiger partial charge < -0.3 is 19.5 Å². The molecule has 1 aromatic carbocycles. The van der Waals surface area contributed by atoms with Gasteiger partial charge in [-0.25, -0.2) is 0 Å². The lowest BCUT2D eigenvalue weighted by Crippen LogP contribution is -2.51. The van der Waals surface area contributed by atoms with Gasteiger partial charge in [-0.3, -0.25) is 9.59 Å². The first-order valence-corrected chi connectivity index (χ1v) is 8.81. The highest BCUT2D eigenvalue weighted by molar-refractivity contribution is 5.94. The van der Waals surface area contributed by atoms with Crippen molar-refractivity contribution in [2.75, 3.05) is 26.4 Å². The standard InChI is InChI=1S/C20H27NO5/c1-14(2)8-11-25-19-9-10-24-12-18(19)21-20(23)13-26-17-6-4-16(5-7-17)15(3)22/h4-8,18-19H,9-13H2,1-3H3,(H,21,23)/t18-,19+/m0/s1. The van der Waals surface area contributed by atoms with Gasteiger partial charge in [0.15, 0.2) is 12.4 Å². The Bertz CT molecular complexity index is 634. The summed E-state index contributed by atoms with van der Waals surface area (Å²) in [6.07, 6.45) is 2.69. The Balaban J connectivity index is 1.80. The summed E-state index contributed by atoms with van der Waals surface area (Å²) >= 11 is 0. The molecule has 1 aliphatic rings. The van der Waals surface area contributed by atoms with Crippen molar-refractivity contribution in [2.45, 2.75) is 39.3 Å². The summed E-state index contributed by atoms with van der Waals surface area (Å²) < 4.78 is 16.8. The smallest absolute Gasteiger partial charge is 0.258 e. The van der Waals surface area contributed by atoms with Gasteiger partial charge in [0.05, 0.1) is 25.4 Å². The third kappa shape index (κ3) is 6.61. The van der Waals surface area contributed by atoms with Crippen LogP contribution in [0.2, 0.25) is 0 Å². The first kappa shape index (κ1) is 20.1. The van der Waals surface area contributed by atoms with E-state index >= 15 is 0 Å². The molecule has 1 aromatic rings. The van der Waals surface area contributed by atoms with Crippen molar-refractivity contribution < 1.29 is 23.8 Å². The molecule has 1 saturated heterocycles. The number of Topliss-reactive ketones (excluding diaryl/α,β-unsaturated/α-hetero) is 1. The molecule has 2 rings (SSSR count). The minimum atomic E-state index is -0.230. The zero-order valence-electron chi connectivity index (χ0n) is 15.6. The second-order valence-corrected chi connectivity index (χ2v) is 6.56. The van der Waals surface area contributed by atoms with E-state index in [1.54, 1.807) is 24.3 Å². The summed E-state index contributed by atoms with van der Waals surface area (Å²) in [7, 11) is 0. The average molecular weight is 361 g/mol. The molecule has 26 heavy (non-hydrogen) atoms. The van der Waals surface area contributed by atoms with Crippen molar-refractivity contribution in [1.29, 1.82) is 0 Å². The van der Waals surface area contributed by atoms with Crippen LogP contribution in [0.4, 0.5) is 0 Å². The molecule has 1 heterocycles. The maximum Gasteiger partial charge on any atom is 0.258 e. The summed E-state index contributed by atoms with van der Waals surface area (Å²) in [5.74, 6) is 0.305. The number of ketones is 1. The number of benzene rings is 1. The van der Waals surface area contributed by atoms with E-state index in [0.29, 0.717) is 31.1 Å². The lowest BCUT2D eigenvalue weighted by molar-refractivity contribution is -0.127. The fourth-order valence-electron chi connectivity index (χ4n) is 2.57. The number of hydrogen-bond acceptors (Lipinski definition) is 5. The van der Waals surface area contributed by atoms with E-state index in [4.69, 9.17) is 14.2 Å². The second-order valence-electron chi connectivity index (χ2n) is 6.56. The van der Waals surface area contributed by atoms with Crippen molar-refractivity contribution in [3.8, 4) is 5.75 Å². The Morgan fingerprint density at radius 2 is 1.96 bits per heavy atom. The molecule has 6 heteroatoms. The summed E-state index contributed by atoms with van der Waals surface area (Å²) in [4.78, 5) is 23.4. The Labute approximate surface area is 154 Å². The van der Waals surface area contributed by atoms with E-state index in [0.717, 1.165) is 6.42 Å². The Morgan fingerprint density at radius 1 is 1.23 bits per heavy atom. The van der Waals surface area contributed by atoms with Gasteiger partial charge in [0, 0.05) is 12.2 Å². The molecule has 0 aromatic heterocycles. The number of nitrogens with one attached hydrogen (secondary N) is 1. The number of hydrogen-bond donors (Lipinski definition) is 1.